The second-order valence-electron chi connectivity index (χ2n) is 8.61. The molecule has 31 heavy (non-hydrogen) atoms. The topological polar surface area (TPSA) is 97.8 Å². The number of primary amides is 1. The van der Waals surface area contributed by atoms with Crippen molar-refractivity contribution in [2.75, 3.05) is 31.1 Å². The first-order valence-electron chi connectivity index (χ1n) is 11.0. The van der Waals surface area contributed by atoms with E-state index in [0.29, 0.717) is 23.9 Å². The Morgan fingerprint density at radius 1 is 0.968 bits per heavy atom. The zero-order valence-corrected chi connectivity index (χ0v) is 18.6. The summed E-state index contributed by atoms with van der Waals surface area (Å²) in [6.45, 7) is 2.57. The predicted molar refractivity (Wildman–Crippen MR) is 119 cm³/mol. The van der Waals surface area contributed by atoms with Crippen molar-refractivity contribution >= 4 is 21.7 Å². The van der Waals surface area contributed by atoms with Crippen molar-refractivity contribution in [3.05, 3.63) is 54.2 Å². The summed E-state index contributed by atoms with van der Waals surface area (Å²) >= 11 is 0. The van der Waals surface area contributed by atoms with Gasteiger partial charge >= 0.3 is 0 Å². The number of amides is 1. The van der Waals surface area contributed by atoms with Gasteiger partial charge in [-0.3, -0.25) is 9.69 Å². The highest BCUT2D eigenvalue weighted by molar-refractivity contribution is 7.89. The zero-order chi connectivity index (χ0) is 21.8. The third-order valence-corrected chi connectivity index (χ3v) is 8.48. The number of carbonyl (C=O) groups is 1. The normalized spacial score (nSPS) is 19.4. The van der Waals surface area contributed by atoms with Crippen molar-refractivity contribution in [1.82, 2.24) is 4.31 Å². The van der Waals surface area contributed by atoms with Gasteiger partial charge in [0.2, 0.25) is 15.9 Å². The average Bonchev–Trinajstić information content (AvgIpc) is 2.80. The van der Waals surface area contributed by atoms with Crippen LogP contribution in [0.15, 0.2) is 53.6 Å². The van der Waals surface area contributed by atoms with Crippen LogP contribution in [-0.2, 0) is 21.2 Å². The first-order chi connectivity index (χ1) is 14.9. The predicted octanol–water partition coefficient (Wildman–Crippen LogP) is 1.85. The molecule has 1 aromatic carbocycles. The van der Waals surface area contributed by atoms with Crippen LogP contribution in [0.2, 0.25) is 0 Å². The van der Waals surface area contributed by atoms with E-state index in [1.165, 1.54) is 5.56 Å². The van der Waals surface area contributed by atoms with Gasteiger partial charge in [0.1, 0.15) is 11.1 Å². The maximum atomic E-state index is 13.1. The molecule has 1 aromatic heterocycles. The number of rotatable bonds is 6. The Morgan fingerprint density at radius 3 is 2.23 bits per heavy atom. The number of carbonyl (C=O) groups excluding carboxylic acids is 1. The number of benzene rings is 1. The molecule has 4 rings (SSSR count). The number of anilines is 1. The van der Waals surface area contributed by atoms with Crippen LogP contribution in [-0.4, -0.2) is 44.8 Å². The highest BCUT2D eigenvalue weighted by Crippen LogP contribution is 2.26. The van der Waals surface area contributed by atoms with Gasteiger partial charge in [-0.2, -0.15) is 4.31 Å². The van der Waals surface area contributed by atoms with Crippen LogP contribution in [0.4, 0.5) is 5.82 Å². The van der Waals surface area contributed by atoms with Gasteiger partial charge in [-0.25, -0.2) is 13.4 Å². The van der Waals surface area contributed by atoms with Crippen LogP contribution in [0.3, 0.4) is 0 Å². The maximum absolute atomic E-state index is 13.1. The Morgan fingerprint density at radius 2 is 1.65 bits per heavy atom. The number of aromatic amines is 1. The summed E-state index contributed by atoms with van der Waals surface area (Å²) in [6.07, 6.45) is 5.79. The fraction of sp³-hybridized carbons (Fsp3) is 0.478. The van der Waals surface area contributed by atoms with Gasteiger partial charge < -0.3 is 5.73 Å². The highest BCUT2D eigenvalue weighted by atomic mass is 32.2. The van der Waals surface area contributed by atoms with Crippen LogP contribution < -0.4 is 15.6 Å². The molecule has 8 heteroatoms. The van der Waals surface area contributed by atoms with Gasteiger partial charge in [0, 0.05) is 25.1 Å². The molecule has 2 saturated heterocycles. The van der Waals surface area contributed by atoms with Crippen molar-refractivity contribution in [2.45, 2.75) is 37.0 Å². The van der Waals surface area contributed by atoms with Gasteiger partial charge in [-0.15, -0.1) is 0 Å². The first-order valence-corrected chi connectivity index (χ1v) is 12.5. The molecule has 0 atom stereocenters. The molecule has 0 radical (unpaired) electrons. The minimum Gasteiger partial charge on any atom is -0.369 e. The molecule has 2 aliphatic rings. The molecule has 166 valence electrons. The van der Waals surface area contributed by atoms with E-state index in [1.807, 2.05) is 12.1 Å². The van der Waals surface area contributed by atoms with E-state index in [9.17, 15) is 13.2 Å². The number of hydrogen-bond acceptors (Lipinski definition) is 4. The molecule has 2 aromatic rings. The second kappa shape index (κ2) is 9.36. The molecular weight excluding hydrogens is 412 g/mol. The van der Waals surface area contributed by atoms with E-state index in [2.05, 4.69) is 34.1 Å². The van der Waals surface area contributed by atoms with Crippen molar-refractivity contribution in [1.29, 1.82) is 0 Å². The molecular formula is C23H31N4O3S+. The molecule has 0 saturated carbocycles. The van der Waals surface area contributed by atoms with Gasteiger partial charge in [0.25, 0.3) is 5.82 Å². The standard InChI is InChI=1S/C23H30N4O3S/c24-23(28)20-10-12-26(13-11-20)22-7-6-21(17-25-22)31(29,30)27-14-8-19(9-15-27)16-18-4-2-1-3-5-18/h1-7,17,19-20H,8-16H2,(H2,24,28)/p+1. The Labute approximate surface area is 184 Å². The number of piperidine rings is 2. The summed E-state index contributed by atoms with van der Waals surface area (Å²) < 4.78 is 27.8. The minimum absolute atomic E-state index is 0.0688. The van der Waals surface area contributed by atoms with E-state index in [4.69, 9.17) is 5.73 Å². The lowest BCUT2D eigenvalue weighted by molar-refractivity contribution is -0.367. The average molecular weight is 444 g/mol. The first kappa shape index (κ1) is 21.8. The smallest absolute Gasteiger partial charge is 0.274 e. The van der Waals surface area contributed by atoms with Crippen LogP contribution in [0.5, 0.6) is 0 Å². The molecule has 0 bridgehead atoms. The fourth-order valence-corrected chi connectivity index (χ4v) is 6.05. The highest BCUT2D eigenvalue weighted by Gasteiger charge is 2.32. The van der Waals surface area contributed by atoms with Crippen molar-refractivity contribution in [3.8, 4) is 0 Å². The van der Waals surface area contributed by atoms with Crippen molar-refractivity contribution < 1.29 is 18.2 Å². The lowest BCUT2D eigenvalue weighted by atomic mass is 9.91. The number of sulfonamides is 1. The van der Waals surface area contributed by atoms with E-state index >= 15 is 0 Å². The van der Waals surface area contributed by atoms with Gasteiger partial charge in [-0.1, -0.05) is 30.3 Å². The lowest BCUT2D eigenvalue weighted by Crippen LogP contribution is -2.41. The molecule has 0 spiro atoms. The van der Waals surface area contributed by atoms with E-state index in [0.717, 1.165) is 51.0 Å². The summed E-state index contributed by atoms with van der Waals surface area (Å²) in [4.78, 5) is 16.9. The summed E-state index contributed by atoms with van der Waals surface area (Å²) in [6, 6.07) is 13.9. The second-order valence-corrected chi connectivity index (χ2v) is 10.5. The lowest BCUT2D eigenvalue weighted by Gasteiger charge is -2.31. The molecule has 3 N–H and O–H groups in total. The van der Waals surface area contributed by atoms with E-state index < -0.39 is 10.0 Å². The maximum Gasteiger partial charge on any atom is 0.274 e. The third-order valence-electron chi connectivity index (χ3n) is 6.58. The number of nitrogens with one attached hydrogen (secondary N) is 1. The van der Waals surface area contributed by atoms with Crippen molar-refractivity contribution in [2.24, 2.45) is 17.6 Å². The van der Waals surface area contributed by atoms with Crippen LogP contribution >= 0.6 is 0 Å². The van der Waals surface area contributed by atoms with E-state index in [1.54, 1.807) is 16.6 Å². The Kier molecular flexibility index (Phi) is 6.57. The largest absolute Gasteiger partial charge is 0.369 e. The summed E-state index contributed by atoms with van der Waals surface area (Å²) in [5.41, 5.74) is 6.71. The van der Waals surface area contributed by atoms with E-state index in [-0.39, 0.29) is 11.8 Å². The SMILES string of the molecule is NC(=O)C1CCN(c2ccc(S(=O)(=O)N3CCC(Cc4ccccc4)CC3)c[nH+]2)CC1. The molecule has 3 heterocycles. The number of pyridine rings is 1. The fourth-order valence-electron chi connectivity index (χ4n) is 4.61. The summed E-state index contributed by atoms with van der Waals surface area (Å²) in [5.74, 6) is 1.08. The molecule has 1 amide bonds. The molecule has 0 aliphatic carbocycles. The molecule has 7 nitrogen and oxygen atoms in total. The number of aromatic nitrogens is 1. The number of hydrogen-bond donors (Lipinski definition) is 1. The van der Waals surface area contributed by atoms with Gasteiger partial charge in [0.15, 0.2) is 0 Å². The monoisotopic (exact) mass is 443 g/mol. The number of nitrogens with two attached hydrogens (primary N) is 1. The third kappa shape index (κ3) is 5.07. The summed E-state index contributed by atoms with van der Waals surface area (Å²) in [7, 11) is -3.50. The van der Waals surface area contributed by atoms with Crippen LogP contribution in [0, 0.1) is 11.8 Å². The van der Waals surface area contributed by atoms with Crippen LogP contribution in [0.1, 0.15) is 31.2 Å². The molecule has 2 aliphatic heterocycles. The quantitative estimate of drug-likeness (QED) is 0.737. The Hall–Kier alpha value is -2.45. The van der Waals surface area contributed by atoms with Crippen LogP contribution in [0.25, 0.3) is 0 Å². The summed E-state index contributed by atoms with van der Waals surface area (Å²) in [5, 5.41) is 0. The minimum atomic E-state index is -3.50. The molecule has 2 fully saturated rings. The Bertz CT molecular complexity index is 979. The van der Waals surface area contributed by atoms with Gasteiger partial charge in [0.05, 0.1) is 13.1 Å². The van der Waals surface area contributed by atoms with Crippen molar-refractivity contribution in [3.63, 3.8) is 0 Å². The Balaban J connectivity index is 1.34. The zero-order valence-electron chi connectivity index (χ0n) is 17.7. The molecule has 0 unspecified atom stereocenters. The van der Waals surface area contributed by atoms with Gasteiger partial charge in [-0.05, 0) is 49.7 Å². The number of nitrogens with zero attached hydrogens (tertiary/aromatic N) is 2. The number of H-pyrrole nitrogens is 1.